The summed E-state index contributed by atoms with van der Waals surface area (Å²) >= 11 is 0. The summed E-state index contributed by atoms with van der Waals surface area (Å²) in [6, 6.07) is 13.5. The third-order valence-electron chi connectivity index (χ3n) is 6.50. The molecule has 3 aliphatic rings. The van der Waals surface area contributed by atoms with Crippen LogP contribution in [0.4, 0.5) is 5.69 Å². The first-order valence-electron chi connectivity index (χ1n) is 9.88. The molecule has 3 nitrogen and oxygen atoms in total. The van der Waals surface area contributed by atoms with E-state index < -0.39 is 0 Å². The molecule has 3 heteroatoms. The van der Waals surface area contributed by atoms with Gasteiger partial charge in [0, 0.05) is 30.9 Å². The summed E-state index contributed by atoms with van der Waals surface area (Å²) in [5.74, 6) is 1.07. The Morgan fingerprint density at radius 1 is 1.08 bits per heavy atom. The fourth-order valence-electron chi connectivity index (χ4n) is 4.93. The van der Waals surface area contributed by atoms with Gasteiger partial charge < -0.3 is 14.4 Å². The number of aryl methyl sites for hydroxylation is 2. The van der Waals surface area contributed by atoms with Crippen molar-refractivity contribution in [3.8, 4) is 5.75 Å². The smallest absolute Gasteiger partial charge is 0.123 e. The van der Waals surface area contributed by atoms with E-state index in [1.165, 1.54) is 47.2 Å². The van der Waals surface area contributed by atoms with Crippen LogP contribution in [0.5, 0.6) is 5.75 Å². The molecular weight excluding hydrogens is 322 g/mol. The summed E-state index contributed by atoms with van der Waals surface area (Å²) in [7, 11) is 0. The van der Waals surface area contributed by atoms with Crippen molar-refractivity contribution in [2.24, 2.45) is 0 Å². The lowest BCUT2D eigenvalue weighted by atomic mass is 9.77. The summed E-state index contributed by atoms with van der Waals surface area (Å²) in [5.41, 5.74) is 6.74. The molecular formula is C23H27NO2. The summed E-state index contributed by atoms with van der Waals surface area (Å²) < 4.78 is 12.2. The molecule has 0 N–H and O–H groups in total. The van der Waals surface area contributed by atoms with Gasteiger partial charge in [-0.15, -0.1) is 0 Å². The Bertz CT molecular complexity index is 840. The SMILES string of the molecule is Cc1cc2c(cc1C)C1(CO2)CN(CC2CCCCO2)c2ccccc21. The van der Waals surface area contributed by atoms with E-state index in [0.29, 0.717) is 6.10 Å². The van der Waals surface area contributed by atoms with Gasteiger partial charge in [0.2, 0.25) is 0 Å². The van der Waals surface area contributed by atoms with E-state index in [9.17, 15) is 0 Å². The molecule has 3 heterocycles. The molecule has 0 aliphatic carbocycles. The number of anilines is 1. The normalized spacial score (nSPS) is 26.7. The first-order chi connectivity index (χ1) is 12.7. The molecule has 1 fully saturated rings. The van der Waals surface area contributed by atoms with Crippen molar-refractivity contribution in [2.45, 2.75) is 44.6 Å². The van der Waals surface area contributed by atoms with Crippen LogP contribution in [0, 0.1) is 13.8 Å². The number of hydrogen-bond acceptors (Lipinski definition) is 3. The molecule has 0 bridgehead atoms. The molecule has 1 spiro atoms. The molecule has 2 atom stereocenters. The lowest BCUT2D eigenvalue weighted by molar-refractivity contribution is 0.0209. The molecule has 5 rings (SSSR count). The quantitative estimate of drug-likeness (QED) is 0.803. The highest BCUT2D eigenvalue weighted by molar-refractivity contribution is 5.69. The van der Waals surface area contributed by atoms with E-state index in [0.717, 1.165) is 32.1 Å². The average Bonchev–Trinajstić information content (AvgIpc) is 3.16. The van der Waals surface area contributed by atoms with E-state index in [-0.39, 0.29) is 5.41 Å². The highest BCUT2D eigenvalue weighted by Gasteiger charge is 2.50. The number of benzene rings is 2. The number of hydrogen-bond donors (Lipinski definition) is 0. The van der Waals surface area contributed by atoms with E-state index in [4.69, 9.17) is 9.47 Å². The van der Waals surface area contributed by atoms with Crippen molar-refractivity contribution in [3.05, 3.63) is 58.7 Å². The minimum atomic E-state index is -0.0426. The molecule has 136 valence electrons. The van der Waals surface area contributed by atoms with Crippen LogP contribution in [0.1, 0.15) is 41.5 Å². The standard InChI is InChI=1S/C23H27NO2/c1-16-11-20-22(12-17(16)2)26-15-23(20)14-24(13-18-7-5-6-10-25-18)21-9-4-3-8-19(21)23/h3-4,8-9,11-12,18H,5-7,10,13-15H2,1-2H3. The Morgan fingerprint density at radius 2 is 1.92 bits per heavy atom. The van der Waals surface area contributed by atoms with Gasteiger partial charge in [0.25, 0.3) is 0 Å². The van der Waals surface area contributed by atoms with Gasteiger partial charge >= 0.3 is 0 Å². The fourth-order valence-corrected chi connectivity index (χ4v) is 4.93. The van der Waals surface area contributed by atoms with Crippen LogP contribution in [0.2, 0.25) is 0 Å². The summed E-state index contributed by atoms with van der Waals surface area (Å²) in [5, 5.41) is 0. The summed E-state index contributed by atoms with van der Waals surface area (Å²) in [6.07, 6.45) is 4.03. The van der Waals surface area contributed by atoms with Gasteiger partial charge in [0.05, 0.1) is 11.5 Å². The Morgan fingerprint density at radius 3 is 2.77 bits per heavy atom. The predicted molar refractivity (Wildman–Crippen MR) is 104 cm³/mol. The van der Waals surface area contributed by atoms with E-state index in [1.807, 2.05) is 0 Å². The van der Waals surface area contributed by atoms with Crippen LogP contribution in [0.3, 0.4) is 0 Å². The van der Waals surface area contributed by atoms with Gasteiger partial charge in [-0.1, -0.05) is 24.3 Å². The maximum atomic E-state index is 6.21. The molecule has 2 unspecified atom stereocenters. The molecule has 0 amide bonds. The summed E-state index contributed by atoms with van der Waals surface area (Å²) in [4.78, 5) is 2.54. The fraction of sp³-hybridized carbons (Fsp3) is 0.478. The van der Waals surface area contributed by atoms with Gasteiger partial charge in [-0.3, -0.25) is 0 Å². The van der Waals surface area contributed by atoms with E-state index in [1.54, 1.807) is 0 Å². The van der Waals surface area contributed by atoms with E-state index in [2.05, 4.69) is 55.1 Å². The first kappa shape index (κ1) is 16.2. The van der Waals surface area contributed by atoms with Gasteiger partial charge in [0.15, 0.2) is 0 Å². The number of para-hydroxylation sites is 1. The third-order valence-corrected chi connectivity index (χ3v) is 6.50. The van der Waals surface area contributed by atoms with Crippen molar-refractivity contribution in [1.82, 2.24) is 0 Å². The molecule has 0 saturated carbocycles. The molecule has 0 radical (unpaired) electrons. The van der Waals surface area contributed by atoms with Crippen LogP contribution in [-0.2, 0) is 10.2 Å². The van der Waals surface area contributed by atoms with Gasteiger partial charge in [-0.25, -0.2) is 0 Å². The monoisotopic (exact) mass is 349 g/mol. The van der Waals surface area contributed by atoms with Crippen LogP contribution in [0.25, 0.3) is 0 Å². The van der Waals surface area contributed by atoms with E-state index >= 15 is 0 Å². The van der Waals surface area contributed by atoms with Crippen molar-refractivity contribution in [3.63, 3.8) is 0 Å². The van der Waals surface area contributed by atoms with Crippen LogP contribution in [-0.4, -0.2) is 32.4 Å². The lowest BCUT2D eigenvalue weighted by Crippen LogP contribution is -2.40. The molecule has 1 saturated heterocycles. The highest BCUT2D eigenvalue weighted by atomic mass is 16.5. The second kappa shape index (κ2) is 6.02. The van der Waals surface area contributed by atoms with Crippen LogP contribution >= 0.6 is 0 Å². The Kier molecular flexibility index (Phi) is 3.75. The summed E-state index contributed by atoms with van der Waals surface area (Å²) in [6.45, 7) is 8.00. The van der Waals surface area contributed by atoms with Gasteiger partial charge in [-0.05, 0) is 61.9 Å². The third kappa shape index (κ3) is 2.37. The minimum Gasteiger partial charge on any atom is -0.492 e. The number of rotatable bonds is 2. The zero-order valence-corrected chi connectivity index (χ0v) is 15.8. The van der Waals surface area contributed by atoms with Crippen LogP contribution in [0.15, 0.2) is 36.4 Å². The van der Waals surface area contributed by atoms with Crippen molar-refractivity contribution in [2.75, 3.05) is 31.2 Å². The zero-order valence-electron chi connectivity index (χ0n) is 15.8. The minimum absolute atomic E-state index is 0.0426. The van der Waals surface area contributed by atoms with Crippen molar-refractivity contribution >= 4 is 5.69 Å². The second-order valence-corrected chi connectivity index (χ2v) is 8.19. The molecule has 2 aromatic rings. The number of fused-ring (bicyclic) bond motifs is 4. The number of ether oxygens (including phenoxy) is 2. The lowest BCUT2D eigenvalue weighted by Gasteiger charge is -2.30. The average molecular weight is 349 g/mol. The number of nitrogens with zero attached hydrogens (tertiary/aromatic N) is 1. The zero-order chi connectivity index (χ0) is 17.7. The Hall–Kier alpha value is -2.00. The molecule has 26 heavy (non-hydrogen) atoms. The highest BCUT2D eigenvalue weighted by Crippen LogP contribution is 2.52. The Balaban J connectivity index is 1.55. The maximum Gasteiger partial charge on any atom is 0.123 e. The van der Waals surface area contributed by atoms with Gasteiger partial charge in [0.1, 0.15) is 12.4 Å². The van der Waals surface area contributed by atoms with Crippen LogP contribution < -0.4 is 9.64 Å². The molecule has 2 aromatic carbocycles. The second-order valence-electron chi connectivity index (χ2n) is 8.19. The van der Waals surface area contributed by atoms with Crippen molar-refractivity contribution in [1.29, 1.82) is 0 Å². The largest absolute Gasteiger partial charge is 0.492 e. The first-order valence-corrected chi connectivity index (χ1v) is 9.88. The molecule has 0 aromatic heterocycles. The van der Waals surface area contributed by atoms with Crippen molar-refractivity contribution < 1.29 is 9.47 Å². The maximum absolute atomic E-state index is 6.21. The molecule has 3 aliphatic heterocycles. The predicted octanol–water partition coefficient (Wildman–Crippen LogP) is 4.37. The Labute approximate surface area is 155 Å². The topological polar surface area (TPSA) is 21.7 Å². The van der Waals surface area contributed by atoms with Gasteiger partial charge in [-0.2, -0.15) is 0 Å².